The zero-order chi connectivity index (χ0) is 13.8. The fourth-order valence-electron chi connectivity index (χ4n) is 2.07. The van der Waals surface area contributed by atoms with Crippen LogP contribution in [0.1, 0.15) is 43.1 Å². The molecule has 0 saturated heterocycles. The summed E-state index contributed by atoms with van der Waals surface area (Å²) in [5.74, 6) is 0.232. The van der Waals surface area contributed by atoms with Crippen LogP contribution in [0.15, 0.2) is 24.3 Å². The second-order valence-electron chi connectivity index (χ2n) is 6.34. The number of ketones is 1. The molecule has 0 spiro atoms. The Labute approximate surface area is 111 Å². The maximum atomic E-state index is 12.0. The molecule has 1 aromatic carbocycles. The molecule has 2 heteroatoms. The maximum absolute atomic E-state index is 12.0. The first kappa shape index (κ1) is 14.9. The molecule has 1 aromatic rings. The molecular weight excluding hydrogens is 222 g/mol. The number of hydrogen-bond donors (Lipinski definition) is 0. The molecule has 0 aliphatic rings. The standard InChI is InChI=1S/C16H25NO/c1-13-6-8-14(9-7-13)15(18)10-11-17(5)12-16(2,3)4/h6-9H,10-12H2,1-5H3. The Balaban J connectivity index is 2.44. The summed E-state index contributed by atoms with van der Waals surface area (Å²) < 4.78 is 0. The minimum absolute atomic E-state index is 0.232. The lowest BCUT2D eigenvalue weighted by molar-refractivity contribution is 0.0961. The number of rotatable bonds is 5. The number of aryl methyl sites for hydroxylation is 1. The van der Waals surface area contributed by atoms with E-state index in [9.17, 15) is 4.79 Å². The quantitative estimate of drug-likeness (QED) is 0.742. The van der Waals surface area contributed by atoms with Crippen LogP contribution in [-0.4, -0.2) is 30.8 Å². The molecule has 0 aromatic heterocycles. The van der Waals surface area contributed by atoms with Crippen LogP contribution in [0.5, 0.6) is 0 Å². The summed E-state index contributed by atoms with van der Waals surface area (Å²) in [4.78, 5) is 14.2. The van der Waals surface area contributed by atoms with Gasteiger partial charge >= 0.3 is 0 Å². The van der Waals surface area contributed by atoms with Gasteiger partial charge in [-0.05, 0) is 19.4 Å². The summed E-state index contributed by atoms with van der Waals surface area (Å²) in [6.07, 6.45) is 0.593. The van der Waals surface area contributed by atoms with Gasteiger partial charge in [0.05, 0.1) is 0 Å². The average Bonchev–Trinajstić information content (AvgIpc) is 2.24. The molecular formula is C16H25NO. The fourth-order valence-corrected chi connectivity index (χ4v) is 2.07. The first-order valence-corrected chi connectivity index (χ1v) is 6.56. The number of hydrogen-bond acceptors (Lipinski definition) is 2. The minimum Gasteiger partial charge on any atom is -0.305 e. The molecule has 0 aliphatic carbocycles. The van der Waals surface area contributed by atoms with Crippen molar-refractivity contribution in [3.8, 4) is 0 Å². The Hall–Kier alpha value is -1.15. The predicted molar refractivity (Wildman–Crippen MR) is 77.1 cm³/mol. The summed E-state index contributed by atoms with van der Waals surface area (Å²) in [6.45, 7) is 10.5. The van der Waals surface area contributed by atoms with Gasteiger partial charge in [0, 0.05) is 25.1 Å². The van der Waals surface area contributed by atoms with E-state index in [1.54, 1.807) is 0 Å². The monoisotopic (exact) mass is 247 g/mol. The highest BCUT2D eigenvalue weighted by atomic mass is 16.1. The van der Waals surface area contributed by atoms with E-state index in [0.717, 1.165) is 18.7 Å². The van der Waals surface area contributed by atoms with E-state index >= 15 is 0 Å². The summed E-state index contributed by atoms with van der Waals surface area (Å²) in [5.41, 5.74) is 2.29. The molecule has 0 fully saturated rings. The second kappa shape index (κ2) is 6.14. The van der Waals surface area contributed by atoms with Crippen LogP contribution in [0.25, 0.3) is 0 Å². The van der Waals surface area contributed by atoms with Gasteiger partial charge in [0.1, 0.15) is 0 Å². The molecule has 0 unspecified atom stereocenters. The Kier molecular flexibility index (Phi) is 5.09. The smallest absolute Gasteiger partial charge is 0.164 e. The predicted octanol–water partition coefficient (Wildman–Crippen LogP) is 3.55. The molecule has 100 valence electrons. The number of carbonyl (C=O) groups is 1. The lowest BCUT2D eigenvalue weighted by atomic mass is 9.96. The lowest BCUT2D eigenvalue weighted by Crippen LogP contribution is -2.31. The van der Waals surface area contributed by atoms with Crippen molar-refractivity contribution in [2.24, 2.45) is 5.41 Å². The first-order valence-electron chi connectivity index (χ1n) is 6.56. The summed E-state index contributed by atoms with van der Waals surface area (Å²) in [7, 11) is 2.08. The van der Waals surface area contributed by atoms with Crippen molar-refractivity contribution in [3.63, 3.8) is 0 Å². The molecule has 0 bridgehead atoms. The second-order valence-corrected chi connectivity index (χ2v) is 6.34. The van der Waals surface area contributed by atoms with Gasteiger partial charge in [-0.25, -0.2) is 0 Å². The normalized spacial score (nSPS) is 11.9. The Morgan fingerprint density at radius 3 is 2.22 bits per heavy atom. The zero-order valence-corrected chi connectivity index (χ0v) is 12.3. The van der Waals surface area contributed by atoms with Crippen LogP contribution in [0.4, 0.5) is 0 Å². The Morgan fingerprint density at radius 1 is 1.17 bits per heavy atom. The van der Waals surface area contributed by atoms with Crippen molar-refractivity contribution >= 4 is 5.78 Å². The molecule has 0 saturated carbocycles. The van der Waals surface area contributed by atoms with Gasteiger partial charge in [0.2, 0.25) is 0 Å². The zero-order valence-electron chi connectivity index (χ0n) is 12.3. The largest absolute Gasteiger partial charge is 0.305 e. The topological polar surface area (TPSA) is 20.3 Å². The average molecular weight is 247 g/mol. The van der Waals surface area contributed by atoms with Crippen LogP contribution in [0, 0.1) is 12.3 Å². The molecule has 1 rings (SSSR count). The van der Waals surface area contributed by atoms with E-state index in [1.165, 1.54) is 5.56 Å². The van der Waals surface area contributed by atoms with Crippen LogP contribution in [0.3, 0.4) is 0 Å². The van der Waals surface area contributed by atoms with Crippen molar-refractivity contribution in [3.05, 3.63) is 35.4 Å². The Morgan fingerprint density at radius 2 is 1.72 bits per heavy atom. The van der Waals surface area contributed by atoms with Gasteiger partial charge in [-0.3, -0.25) is 4.79 Å². The van der Waals surface area contributed by atoms with Gasteiger partial charge in [-0.15, -0.1) is 0 Å². The third kappa shape index (κ3) is 5.46. The van der Waals surface area contributed by atoms with E-state index in [4.69, 9.17) is 0 Å². The third-order valence-corrected chi connectivity index (χ3v) is 2.84. The van der Waals surface area contributed by atoms with Crippen LogP contribution in [0.2, 0.25) is 0 Å². The molecule has 0 N–H and O–H groups in total. The molecule has 0 radical (unpaired) electrons. The van der Waals surface area contributed by atoms with Gasteiger partial charge < -0.3 is 4.90 Å². The highest BCUT2D eigenvalue weighted by molar-refractivity contribution is 5.96. The van der Waals surface area contributed by atoms with Crippen molar-refractivity contribution in [1.82, 2.24) is 4.90 Å². The first-order chi connectivity index (χ1) is 8.28. The van der Waals surface area contributed by atoms with E-state index in [0.29, 0.717) is 6.42 Å². The summed E-state index contributed by atoms with van der Waals surface area (Å²) in [5, 5.41) is 0. The van der Waals surface area contributed by atoms with Gasteiger partial charge in [0.25, 0.3) is 0 Å². The van der Waals surface area contributed by atoms with Crippen LogP contribution < -0.4 is 0 Å². The minimum atomic E-state index is 0.232. The lowest BCUT2D eigenvalue weighted by Gasteiger charge is -2.26. The molecule has 0 aliphatic heterocycles. The molecule has 18 heavy (non-hydrogen) atoms. The number of nitrogens with zero attached hydrogens (tertiary/aromatic N) is 1. The fraction of sp³-hybridized carbons (Fsp3) is 0.562. The summed E-state index contributed by atoms with van der Waals surface area (Å²) >= 11 is 0. The number of carbonyl (C=O) groups excluding carboxylic acids is 1. The number of benzene rings is 1. The third-order valence-electron chi connectivity index (χ3n) is 2.84. The molecule has 0 heterocycles. The van der Waals surface area contributed by atoms with E-state index in [-0.39, 0.29) is 11.2 Å². The Bertz CT molecular complexity index is 387. The van der Waals surface area contributed by atoms with Gasteiger partial charge in [-0.2, -0.15) is 0 Å². The highest BCUT2D eigenvalue weighted by Gasteiger charge is 2.14. The van der Waals surface area contributed by atoms with E-state index < -0.39 is 0 Å². The van der Waals surface area contributed by atoms with Crippen molar-refractivity contribution in [2.75, 3.05) is 20.1 Å². The van der Waals surface area contributed by atoms with E-state index in [2.05, 4.69) is 32.7 Å². The van der Waals surface area contributed by atoms with Crippen molar-refractivity contribution in [1.29, 1.82) is 0 Å². The van der Waals surface area contributed by atoms with E-state index in [1.807, 2.05) is 31.2 Å². The summed E-state index contributed by atoms with van der Waals surface area (Å²) in [6, 6.07) is 7.82. The van der Waals surface area contributed by atoms with Crippen molar-refractivity contribution < 1.29 is 4.79 Å². The van der Waals surface area contributed by atoms with Gasteiger partial charge in [0.15, 0.2) is 5.78 Å². The van der Waals surface area contributed by atoms with Crippen LogP contribution in [-0.2, 0) is 0 Å². The van der Waals surface area contributed by atoms with Crippen molar-refractivity contribution in [2.45, 2.75) is 34.1 Å². The highest BCUT2D eigenvalue weighted by Crippen LogP contribution is 2.14. The molecule has 0 atom stereocenters. The SMILES string of the molecule is Cc1ccc(C(=O)CCN(C)CC(C)(C)C)cc1. The van der Waals surface area contributed by atoms with Gasteiger partial charge in [-0.1, -0.05) is 50.6 Å². The maximum Gasteiger partial charge on any atom is 0.164 e. The van der Waals surface area contributed by atoms with Crippen LogP contribution >= 0.6 is 0 Å². The molecule has 2 nitrogen and oxygen atoms in total. The molecule has 0 amide bonds. The number of Topliss-reactive ketones (excluding diaryl/α,β-unsaturated/α-hetero) is 1.